The van der Waals surface area contributed by atoms with Gasteiger partial charge in [-0.3, -0.25) is 4.79 Å². The first-order valence-corrected chi connectivity index (χ1v) is 5.99. The Labute approximate surface area is 113 Å². The number of hydrogen-bond donors (Lipinski definition) is 1. The van der Waals surface area contributed by atoms with Gasteiger partial charge in [0.25, 0.3) is 0 Å². The molecule has 1 rings (SSSR count). The number of aliphatic carboxylic acids is 1. The average molecular weight is 324 g/mol. The summed E-state index contributed by atoms with van der Waals surface area (Å²) in [4.78, 5) is 10.6. The standard InChI is InChI=1S/C11H12BrClO4/c1-16-10-6(3-4-9(14)15)8(13)5-7(12)11(10)17-2/h5H,3-4H2,1-2H3,(H,14,15). The Hall–Kier alpha value is -0.940. The van der Waals surface area contributed by atoms with Crippen molar-refractivity contribution in [1.82, 2.24) is 0 Å². The molecule has 0 bridgehead atoms. The zero-order valence-corrected chi connectivity index (χ0v) is 11.8. The Morgan fingerprint density at radius 3 is 2.47 bits per heavy atom. The topological polar surface area (TPSA) is 55.8 Å². The van der Waals surface area contributed by atoms with Gasteiger partial charge in [-0.2, -0.15) is 0 Å². The molecule has 0 amide bonds. The number of hydrogen-bond acceptors (Lipinski definition) is 3. The smallest absolute Gasteiger partial charge is 0.303 e. The molecule has 0 aliphatic rings. The fraction of sp³-hybridized carbons (Fsp3) is 0.364. The van der Waals surface area contributed by atoms with Gasteiger partial charge in [0.1, 0.15) is 0 Å². The van der Waals surface area contributed by atoms with Crippen LogP contribution in [0.15, 0.2) is 10.5 Å². The van der Waals surface area contributed by atoms with E-state index in [4.69, 9.17) is 26.2 Å². The molecule has 0 saturated carbocycles. The van der Waals surface area contributed by atoms with E-state index < -0.39 is 5.97 Å². The third kappa shape index (κ3) is 3.26. The summed E-state index contributed by atoms with van der Waals surface area (Å²) < 4.78 is 11.1. The molecule has 0 radical (unpaired) electrons. The van der Waals surface area contributed by atoms with Gasteiger partial charge in [-0.25, -0.2) is 0 Å². The van der Waals surface area contributed by atoms with Gasteiger partial charge in [-0.15, -0.1) is 0 Å². The number of ether oxygens (including phenoxy) is 2. The van der Waals surface area contributed by atoms with Crippen molar-refractivity contribution in [2.75, 3.05) is 14.2 Å². The van der Waals surface area contributed by atoms with E-state index in [0.29, 0.717) is 33.0 Å². The monoisotopic (exact) mass is 322 g/mol. The summed E-state index contributed by atoms with van der Waals surface area (Å²) in [5, 5.41) is 9.14. The molecule has 0 aliphatic carbocycles. The van der Waals surface area contributed by atoms with Crippen LogP contribution in [0.4, 0.5) is 0 Å². The molecule has 94 valence electrons. The van der Waals surface area contributed by atoms with Gasteiger partial charge in [0, 0.05) is 17.0 Å². The number of methoxy groups -OCH3 is 2. The Morgan fingerprint density at radius 1 is 1.41 bits per heavy atom. The first-order valence-electron chi connectivity index (χ1n) is 4.81. The van der Waals surface area contributed by atoms with Crippen LogP contribution in [0.1, 0.15) is 12.0 Å². The minimum atomic E-state index is -0.884. The summed E-state index contributed by atoms with van der Waals surface area (Å²) in [6.45, 7) is 0. The Kier molecular flexibility index (Phi) is 5.08. The third-order valence-electron chi connectivity index (χ3n) is 2.24. The van der Waals surface area contributed by atoms with Crippen LogP contribution < -0.4 is 9.47 Å². The summed E-state index contributed by atoms with van der Waals surface area (Å²) in [7, 11) is 3.00. The maximum Gasteiger partial charge on any atom is 0.303 e. The highest BCUT2D eigenvalue weighted by atomic mass is 79.9. The second-order valence-electron chi connectivity index (χ2n) is 3.28. The maximum atomic E-state index is 10.6. The molecule has 0 aliphatic heterocycles. The average Bonchev–Trinajstić information content (AvgIpc) is 2.26. The lowest BCUT2D eigenvalue weighted by molar-refractivity contribution is -0.136. The first kappa shape index (κ1) is 14.1. The number of carboxylic acid groups (broad SMARTS) is 1. The Balaban J connectivity index is 3.21. The molecule has 1 N–H and O–H groups in total. The van der Waals surface area contributed by atoms with Crippen molar-refractivity contribution in [1.29, 1.82) is 0 Å². The van der Waals surface area contributed by atoms with Crippen LogP contribution in [-0.4, -0.2) is 25.3 Å². The van der Waals surface area contributed by atoms with Crippen LogP contribution in [0.25, 0.3) is 0 Å². The molecule has 0 unspecified atom stereocenters. The van der Waals surface area contributed by atoms with Gasteiger partial charge in [-0.05, 0) is 28.4 Å². The summed E-state index contributed by atoms with van der Waals surface area (Å²) >= 11 is 9.37. The molecular formula is C11H12BrClO4. The molecule has 0 fully saturated rings. The lowest BCUT2D eigenvalue weighted by Gasteiger charge is -2.15. The lowest BCUT2D eigenvalue weighted by Crippen LogP contribution is -2.02. The van der Waals surface area contributed by atoms with Crippen molar-refractivity contribution in [3.05, 3.63) is 21.1 Å². The van der Waals surface area contributed by atoms with E-state index in [1.54, 1.807) is 6.07 Å². The number of carbonyl (C=O) groups is 1. The van der Waals surface area contributed by atoms with Crippen LogP contribution in [0.2, 0.25) is 5.02 Å². The number of carboxylic acids is 1. The quantitative estimate of drug-likeness (QED) is 0.904. The molecule has 0 aromatic heterocycles. The van der Waals surface area contributed by atoms with Gasteiger partial charge in [0.2, 0.25) is 0 Å². The van der Waals surface area contributed by atoms with Crippen molar-refractivity contribution >= 4 is 33.5 Å². The van der Waals surface area contributed by atoms with Crippen LogP contribution in [-0.2, 0) is 11.2 Å². The van der Waals surface area contributed by atoms with Crippen molar-refractivity contribution in [2.24, 2.45) is 0 Å². The summed E-state index contributed by atoms with van der Waals surface area (Å²) in [6, 6.07) is 1.67. The van der Waals surface area contributed by atoms with E-state index >= 15 is 0 Å². The largest absolute Gasteiger partial charge is 0.492 e. The van der Waals surface area contributed by atoms with Crippen molar-refractivity contribution in [3.63, 3.8) is 0 Å². The molecule has 0 spiro atoms. The van der Waals surface area contributed by atoms with Crippen LogP contribution >= 0.6 is 27.5 Å². The maximum absolute atomic E-state index is 10.6. The minimum absolute atomic E-state index is 0.0130. The van der Waals surface area contributed by atoms with Crippen molar-refractivity contribution in [3.8, 4) is 11.5 Å². The molecular weight excluding hydrogens is 311 g/mol. The van der Waals surface area contributed by atoms with E-state index in [-0.39, 0.29) is 6.42 Å². The zero-order valence-electron chi connectivity index (χ0n) is 9.42. The van der Waals surface area contributed by atoms with Crippen LogP contribution in [0, 0.1) is 0 Å². The van der Waals surface area contributed by atoms with Crippen molar-refractivity contribution in [2.45, 2.75) is 12.8 Å². The second kappa shape index (κ2) is 6.12. The van der Waals surface area contributed by atoms with Crippen LogP contribution in [0.5, 0.6) is 11.5 Å². The van der Waals surface area contributed by atoms with E-state index in [9.17, 15) is 4.79 Å². The van der Waals surface area contributed by atoms with E-state index in [1.807, 2.05) is 0 Å². The normalized spacial score (nSPS) is 10.1. The molecule has 4 nitrogen and oxygen atoms in total. The highest BCUT2D eigenvalue weighted by Crippen LogP contribution is 2.42. The fourth-order valence-electron chi connectivity index (χ4n) is 1.49. The highest BCUT2D eigenvalue weighted by molar-refractivity contribution is 9.10. The number of rotatable bonds is 5. The first-order chi connectivity index (χ1) is 8.01. The molecule has 17 heavy (non-hydrogen) atoms. The molecule has 0 atom stereocenters. The summed E-state index contributed by atoms with van der Waals surface area (Å²) in [6.07, 6.45) is 0.280. The van der Waals surface area contributed by atoms with Crippen LogP contribution in [0.3, 0.4) is 0 Å². The van der Waals surface area contributed by atoms with Crippen molar-refractivity contribution < 1.29 is 19.4 Å². The molecule has 6 heteroatoms. The lowest BCUT2D eigenvalue weighted by atomic mass is 10.1. The molecule has 1 aromatic carbocycles. The van der Waals surface area contributed by atoms with E-state index in [0.717, 1.165) is 0 Å². The molecule has 0 saturated heterocycles. The van der Waals surface area contributed by atoms with Gasteiger partial charge < -0.3 is 14.6 Å². The van der Waals surface area contributed by atoms with Gasteiger partial charge >= 0.3 is 5.97 Å². The van der Waals surface area contributed by atoms with Gasteiger partial charge in [-0.1, -0.05) is 11.6 Å². The van der Waals surface area contributed by atoms with Gasteiger partial charge in [0.15, 0.2) is 11.5 Å². The SMILES string of the molecule is COc1c(Br)cc(Cl)c(CCC(=O)O)c1OC. The number of halogens is 2. The van der Waals surface area contributed by atoms with E-state index in [1.165, 1.54) is 14.2 Å². The Bertz CT molecular complexity index is 434. The third-order valence-corrected chi connectivity index (χ3v) is 3.16. The Morgan fingerprint density at radius 2 is 2.00 bits per heavy atom. The minimum Gasteiger partial charge on any atom is -0.492 e. The molecule has 0 heterocycles. The highest BCUT2D eigenvalue weighted by Gasteiger charge is 2.18. The fourth-order valence-corrected chi connectivity index (χ4v) is 2.48. The number of benzene rings is 1. The zero-order chi connectivity index (χ0) is 13.0. The van der Waals surface area contributed by atoms with E-state index in [2.05, 4.69) is 15.9 Å². The van der Waals surface area contributed by atoms with Gasteiger partial charge in [0.05, 0.1) is 18.7 Å². The summed E-state index contributed by atoms with van der Waals surface area (Å²) in [5.74, 6) is 0.0930. The summed E-state index contributed by atoms with van der Waals surface area (Å²) in [5.41, 5.74) is 0.636. The second-order valence-corrected chi connectivity index (χ2v) is 4.54. The predicted molar refractivity (Wildman–Crippen MR) is 68.2 cm³/mol. The predicted octanol–water partition coefficient (Wildman–Crippen LogP) is 3.14. The molecule has 1 aromatic rings.